The molecule has 0 N–H and O–H groups in total. The average Bonchev–Trinajstić information content (AvgIpc) is 2.04. The fourth-order valence-corrected chi connectivity index (χ4v) is 0.577. The number of unbranched alkanes of at least 4 members (excludes halogenated alkanes) is 1. The lowest BCUT2D eigenvalue weighted by atomic mass is 10.2. The summed E-state index contributed by atoms with van der Waals surface area (Å²) >= 11 is 0. The van der Waals surface area contributed by atoms with E-state index in [-0.39, 0.29) is 6.42 Å². The highest BCUT2D eigenvalue weighted by atomic mass is 19.3. The quantitative estimate of drug-likeness (QED) is 0.441. The van der Waals surface area contributed by atoms with Gasteiger partial charge in [0, 0.05) is 10.9 Å². The third kappa shape index (κ3) is 6.83. The zero-order valence-electron chi connectivity index (χ0n) is 6.22. The molecule has 0 saturated carbocycles. The van der Waals surface area contributed by atoms with Gasteiger partial charge in [0.05, 0.1) is 12.9 Å². The summed E-state index contributed by atoms with van der Waals surface area (Å²) in [7, 11) is 0. The second-order valence-electron chi connectivity index (χ2n) is 1.94. The lowest BCUT2D eigenvalue weighted by molar-refractivity contribution is -0.183. The third-order valence-corrected chi connectivity index (χ3v) is 1.10. The minimum Gasteiger partial charge on any atom is -0.502 e. The van der Waals surface area contributed by atoms with E-state index in [9.17, 15) is 9.32 Å². The van der Waals surface area contributed by atoms with E-state index < -0.39 is 5.97 Å². The summed E-state index contributed by atoms with van der Waals surface area (Å²) in [4.78, 5) is 13.1. The lowest BCUT2D eigenvalue weighted by Gasteiger charge is -1.97. The fraction of sp³-hybridized carbons (Fsp3) is 0.571. The molecule has 0 amide bonds. The van der Waals surface area contributed by atoms with Crippen molar-refractivity contribution in [1.29, 1.82) is 0 Å². The maximum atomic E-state index is 11.1. The van der Waals surface area contributed by atoms with E-state index in [2.05, 4.69) is 11.5 Å². The molecule has 64 valence electrons. The van der Waals surface area contributed by atoms with Gasteiger partial charge in [-0.25, -0.2) is 4.79 Å². The summed E-state index contributed by atoms with van der Waals surface area (Å²) in [6.07, 6.45) is 2.68. The topological polar surface area (TPSA) is 35.5 Å². The minimum absolute atomic E-state index is 0.0942. The van der Waals surface area contributed by atoms with Gasteiger partial charge in [0.2, 0.25) is 0 Å². The van der Waals surface area contributed by atoms with Crippen LogP contribution < -0.4 is 0 Å². The fourth-order valence-electron chi connectivity index (χ4n) is 0.577. The molecular formula is C7H11FO3. The van der Waals surface area contributed by atoms with Crippen molar-refractivity contribution >= 4 is 5.97 Å². The van der Waals surface area contributed by atoms with Crippen LogP contribution in [-0.4, -0.2) is 12.6 Å². The zero-order valence-corrected chi connectivity index (χ0v) is 6.22. The molecule has 11 heavy (non-hydrogen) atoms. The molecule has 0 aliphatic heterocycles. The van der Waals surface area contributed by atoms with E-state index in [1.54, 1.807) is 0 Å². The Balaban J connectivity index is 3.01. The van der Waals surface area contributed by atoms with Gasteiger partial charge in [0.15, 0.2) is 0 Å². The normalized spacial score (nSPS) is 8.82. The molecule has 0 aliphatic carbocycles. The van der Waals surface area contributed by atoms with Crippen molar-refractivity contribution in [3.8, 4) is 0 Å². The van der Waals surface area contributed by atoms with Crippen LogP contribution in [0, 0.1) is 0 Å². The minimum atomic E-state index is -0.830. The van der Waals surface area contributed by atoms with Crippen molar-refractivity contribution in [2.45, 2.75) is 19.3 Å². The van der Waals surface area contributed by atoms with Crippen LogP contribution in [0.25, 0.3) is 0 Å². The van der Waals surface area contributed by atoms with Crippen molar-refractivity contribution in [2.75, 3.05) is 6.61 Å². The molecule has 3 nitrogen and oxygen atoms in total. The zero-order chi connectivity index (χ0) is 8.53. The molecule has 0 aromatic rings. The molecule has 0 fully saturated rings. The summed E-state index contributed by atoms with van der Waals surface area (Å²) in [6, 6.07) is 0. The van der Waals surface area contributed by atoms with E-state index in [1.165, 1.54) is 6.26 Å². The van der Waals surface area contributed by atoms with Gasteiger partial charge in [-0.1, -0.05) is 6.58 Å². The van der Waals surface area contributed by atoms with Crippen LogP contribution in [0.5, 0.6) is 0 Å². The Hall–Kier alpha value is -1.06. The monoisotopic (exact) mass is 162 g/mol. The first-order chi connectivity index (χ1) is 5.31. The van der Waals surface area contributed by atoms with Gasteiger partial charge in [-0.2, -0.15) is 0 Å². The highest BCUT2D eigenvalue weighted by Gasteiger charge is 2.01. The maximum absolute atomic E-state index is 11.1. The number of rotatable bonds is 6. The first-order valence-electron chi connectivity index (χ1n) is 3.35. The Labute approximate surface area is 64.7 Å². The van der Waals surface area contributed by atoms with E-state index >= 15 is 0 Å². The van der Waals surface area contributed by atoms with Crippen LogP contribution in [0.4, 0.5) is 4.53 Å². The number of ether oxygens (including phenoxy) is 1. The molecule has 0 saturated heterocycles. The van der Waals surface area contributed by atoms with Crippen LogP contribution >= 0.6 is 0 Å². The van der Waals surface area contributed by atoms with Gasteiger partial charge in [-0.05, 0) is 12.8 Å². The molecule has 0 spiro atoms. The Morgan fingerprint density at radius 3 is 2.82 bits per heavy atom. The smallest absolute Gasteiger partial charge is 0.348 e. The average molecular weight is 162 g/mol. The Morgan fingerprint density at radius 2 is 2.27 bits per heavy atom. The van der Waals surface area contributed by atoms with E-state index in [0.29, 0.717) is 19.4 Å². The highest BCUT2D eigenvalue weighted by molar-refractivity contribution is 5.68. The molecule has 0 aromatic heterocycles. The summed E-state index contributed by atoms with van der Waals surface area (Å²) in [5, 5.41) is 0. The second kappa shape index (κ2) is 7.05. The maximum Gasteiger partial charge on any atom is 0.348 e. The standard InChI is InChI=1S/C7H11FO3/c1-2-10-6-4-3-5-7(9)11-8/h2H,1,3-6H2. The molecule has 0 radical (unpaired) electrons. The summed E-state index contributed by atoms with van der Waals surface area (Å²) in [5.74, 6) is -0.830. The Morgan fingerprint density at radius 1 is 1.55 bits per heavy atom. The largest absolute Gasteiger partial charge is 0.502 e. The molecule has 0 heterocycles. The third-order valence-electron chi connectivity index (χ3n) is 1.10. The molecule has 0 rings (SSSR count). The van der Waals surface area contributed by atoms with Crippen LogP contribution in [0.2, 0.25) is 0 Å². The van der Waals surface area contributed by atoms with Gasteiger partial charge in [-0.3, -0.25) is 4.94 Å². The van der Waals surface area contributed by atoms with Crippen LogP contribution in [0.1, 0.15) is 19.3 Å². The molecule has 0 aromatic carbocycles. The van der Waals surface area contributed by atoms with Crippen LogP contribution in [0.3, 0.4) is 0 Å². The predicted molar refractivity (Wildman–Crippen MR) is 37.2 cm³/mol. The van der Waals surface area contributed by atoms with Gasteiger partial charge >= 0.3 is 5.97 Å². The summed E-state index contributed by atoms with van der Waals surface area (Å²) < 4.78 is 15.8. The summed E-state index contributed by atoms with van der Waals surface area (Å²) in [5.41, 5.74) is 0. The number of hydrogen-bond acceptors (Lipinski definition) is 3. The number of carbonyl (C=O) groups is 1. The van der Waals surface area contributed by atoms with Crippen LogP contribution in [0.15, 0.2) is 12.8 Å². The Kier molecular flexibility index (Phi) is 6.37. The molecular weight excluding hydrogens is 151 g/mol. The molecule has 0 atom stereocenters. The predicted octanol–water partition coefficient (Wildman–Crippen LogP) is 1.74. The second-order valence-corrected chi connectivity index (χ2v) is 1.94. The van der Waals surface area contributed by atoms with Crippen molar-refractivity contribution in [3.05, 3.63) is 12.8 Å². The number of hydrogen-bond donors (Lipinski definition) is 0. The molecule has 0 aliphatic rings. The van der Waals surface area contributed by atoms with E-state index in [4.69, 9.17) is 4.74 Å². The number of halogens is 1. The summed E-state index contributed by atoms with van der Waals surface area (Å²) in [6.45, 7) is 3.84. The Bertz CT molecular complexity index is 125. The van der Waals surface area contributed by atoms with E-state index in [1.807, 2.05) is 0 Å². The van der Waals surface area contributed by atoms with Crippen molar-refractivity contribution in [1.82, 2.24) is 0 Å². The molecule has 0 unspecified atom stereocenters. The molecule has 0 bridgehead atoms. The van der Waals surface area contributed by atoms with Gasteiger partial charge in [0.25, 0.3) is 0 Å². The first-order valence-corrected chi connectivity index (χ1v) is 3.35. The van der Waals surface area contributed by atoms with Crippen molar-refractivity contribution in [2.24, 2.45) is 0 Å². The van der Waals surface area contributed by atoms with Crippen molar-refractivity contribution in [3.63, 3.8) is 0 Å². The van der Waals surface area contributed by atoms with Gasteiger partial charge in [0.1, 0.15) is 0 Å². The SMILES string of the molecule is C=COCCCCC(=O)OF. The molecule has 4 heteroatoms. The van der Waals surface area contributed by atoms with Crippen LogP contribution in [-0.2, 0) is 14.5 Å². The lowest BCUT2D eigenvalue weighted by Crippen LogP contribution is -1.98. The van der Waals surface area contributed by atoms with Gasteiger partial charge < -0.3 is 4.74 Å². The van der Waals surface area contributed by atoms with Crippen molar-refractivity contribution < 1.29 is 19.0 Å². The first kappa shape index (κ1) is 9.94. The number of carbonyl (C=O) groups excluding carboxylic acids is 1. The van der Waals surface area contributed by atoms with E-state index in [0.717, 1.165) is 0 Å². The van der Waals surface area contributed by atoms with Gasteiger partial charge in [-0.15, -0.1) is 0 Å². The highest BCUT2D eigenvalue weighted by Crippen LogP contribution is 1.98.